The van der Waals surface area contributed by atoms with E-state index in [1.165, 1.54) is 18.4 Å². The van der Waals surface area contributed by atoms with Crippen LogP contribution in [0.3, 0.4) is 0 Å². The van der Waals surface area contributed by atoms with Crippen molar-refractivity contribution in [3.05, 3.63) is 29.8 Å². The highest BCUT2D eigenvalue weighted by molar-refractivity contribution is 6.02. The maximum absolute atomic E-state index is 11.3. The van der Waals surface area contributed by atoms with Gasteiger partial charge < -0.3 is 4.90 Å². The number of aryl methyl sites for hydroxylation is 1. The van der Waals surface area contributed by atoms with Gasteiger partial charge in [-0.1, -0.05) is 25.5 Å². The van der Waals surface area contributed by atoms with Crippen LogP contribution in [0.15, 0.2) is 24.3 Å². The van der Waals surface area contributed by atoms with Crippen molar-refractivity contribution >= 4 is 17.5 Å². The van der Waals surface area contributed by atoms with E-state index in [0.717, 1.165) is 12.1 Å². The normalized spacial score (nSPS) is 15.7. The van der Waals surface area contributed by atoms with Gasteiger partial charge in [-0.2, -0.15) is 0 Å². The lowest BCUT2D eigenvalue weighted by Gasteiger charge is -2.27. The van der Waals surface area contributed by atoms with E-state index in [1.54, 1.807) is 4.90 Å². The molecule has 1 aliphatic heterocycles. The van der Waals surface area contributed by atoms with E-state index in [9.17, 15) is 9.59 Å². The van der Waals surface area contributed by atoms with Crippen LogP contribution < -0.4 is 10.2 Å². The Kier molecular flexibility index (Phi) is 3.97. The number of rotatable bonds is 4. The van der Waals surface area contributed by atoms with Crippen LogP contribution in [0.2, 0.25) is 0 Å². The molecule has 2 rings (SSSR count). The molecule has 1 saturated heterocycles. The molecule has 1 fully saturated rings. The fourth-order valence-corrected chi connectivity index (χ4v) is 2.07. The number of hydrogen-bond acceptors (Lipinski definition) is 3. The molecule has 0 unspecified atom stereocenters. The predicted octanol–water partition coefficient (Wildman–Crippen LogP) is 1.49. The molecule has 1 N–H and O–H groups in total. The highest BCUT2D eigenvalue weighted by Crippen LogP contribution is 2.17. The number of nitrogens with zero attached hydrogens (tertiary/aromatic N) is 1. The molecular formula is C14H18N2O2. The summed E-state index contributed by atoms with van der Waals surface area (Å²) in [5.74, 6) is -0.470. The molecule has 1 heterocycles. The van der Waals surface area contributed by atoms with E-state index in [2.05, 4.69) is 24.4 Å². The van der Waals surface area contributed by atoms with Crippen LogP contribution >= 0.6 is 0 Å². The van der Waals surface area contributed by atoms with Crippen molar-refractivity contribution in [3.63, 3.8) is 0 Å². The molecule has 4 heteroatoms. The second-order valence-electron chi connectivity index (χ2n) is 4.60. The molecular weight excluding hydrogens is 228 g/mol. The number of piperazine rings is 1. The van der Waals surface area contributed by atoms with E-state index < -0.39 is 0 Å². The molecule has 1 aromatic rings. The Bertz CT molecular complexity index is 424. The quantitative estimate of drug-likeness (QED) is 0.819. The van der Waals surface area contributed by atoms with Gasteiger partial charge in [0.15, 0.2) is 0 Å². The number of unbranched alkanes of at least 4 members (excludes halogenated alkanes) is 1. The van der Waals surface area contributed by atoms with Gasteiger partial charge in [-0.15, -0.1) is 0 Å². The summed E-state index contributed by atoms with van der Waals surface area (Å²) in [7, 11) is 0. The van der Waals surface area contributed by atoms with Crippen LogP contribution in [0.1, 0.15) is 25.3 Å². The second kappa shape index (κ2) is 5.67. The Balaban J connectivity index is 2.04. The zero-order valence-electron chi connectivity index (χ0n) is 10.6. The predicted molar refractivity (Wildman–Crippen MR) is 70.4 cm³/mol. The van der Waals surface area contributed by atoms with Gasteiger partial charge in [0, 0.05) is 5.69 Å². The first-order chi connectivity index (χ1) is 8.69. The number of hydrogen-bond donors (Lipinski definition) is 1. The molecule has 4 nitrogen and oxygen atoms in total. The van der Waals surface area contributed by atoms with Crippen LogP contribution in [0.4, 0.5) is 5.69 Å². The van der Waals surface area contributed by atoms with Gasteiger partial charge in [-0.05, 0) is 30.5 Å². The lowest BCUT2D eigenvalue weighted by Crippen LogP contribution is -2.51. The molecule has 2 amide bonds. The highest BCUT2D eigenvalue weighted by Gasteiger charge is 2.22. The van der Waals surface area contributed by atoms with Crippen molar-refractivity contribution in [2.45, 2.75) is 26.2 Å². The second-order valence-corrected chi connectivity index (χ2v) is 4.60. The third-order valence-corrected chi connectivity index (χ3v) is 3.07. The molecule has 0 aromatic heterocycles. The van der Waals surface area contributed by atoms with Gasteiger partial charge in [0.05, 0.1) is 13.1 Å². The average Bonchev–Trinajstić information content (AvgIpc) is 2.36. The lowest BCUT2D eigenvalue weighted by atomic mass is 10.1. The maximum atomic E-state index is 11.3. The van der Waals surface area contributed by atoms with E-state index >= 15 is 0 Å². The first kappa shape index (κ1) is 12.6. The zero-order valence-corrected chi connectivity index (χ0v) is 10.6. The van der Waals surface area contributed by atoms with Crippen molar-refractivity contribution < 1.29 is 9.59 Å². The molecule has 0 spiro atoms. The molecule has 1 aliphatic rings. The Morgan fingerprint density at radius 1 is 1.11 bits per heavy atom. The number of anilines is 1. The number of imide groups is 1. The summed E-state index contributed by atoms with van der Waals surface area (Å²) >= 11 is 0. The van der Waals surface area contributed by atoms with E-state index in [4.69, 9.17) is 0 Å². The zero-order chi connectivity index (χ0) is 13.0. The summed E-state index contributed by atoms with van der Waals surface area (Å²) in [6, 6.07) is 8.11. The minimum absolute atomic E-state index is 0.235. The third kappa shape index (κ3) is 3.09. The Labute approximate surface area is 107 Å². The fourth-order valence-electron chi connectivity index (χ4n) is 2.07. The molecule has 96 valence electrons. The van der Waals surface area contributed by atoms with Gasteiger partial charge in [0.1, 0.15) is 0 Å². The van der Waals surface area contributed by atoms with Gasteiger partial charge in [0.2, 0.25) is 11.8 Å². The van der Waals surface area contributed by atoms with Gasteiger partial charge in [0.25, 0.3) is 0 Å². The van der Waals surface area contributed by atoms with E-state index in [1.807, 2.05) is 12.1 Å². The fraction of sp³-hybridized carbons (Fsp3) is 0.429. The number of amides is 2. The summed E-state index contributed by atoms with van der Waals surface area (Å²) < 4.78 is 0. The van der Waals surface area contributed by atoms with Gasteiger partial charge >= 0.3 is 0 Å². The number of carbonyl (C=O) groups is 2. The number of nitrogens with one attached hydrogen (secondary N) is 1. The molecule has 18 heavy (non-hydrogen) atoms. The third-order valence-electron chi connectivity index (χ3n) is 3.07. The van der Waals surface area contributed by atoms with E-state index in [-0.39, 0.29) is 24.9 Å². The smallest absolute Gasteiger partial charge is 0.246 e. The Hall–Kier alpha value is -1.84. The van der Waals surface area contributed by atoms with Crippen molar-refractivity contribution in [1.29, 1.82) is 0 Å². The monoisotopic (exact) mass is 246 g/mol. The van der Waals surface area contributed by atoms with Crippen LogP contribution in [0.5, 0.6) is 0 Å². The van der Waals surface area contributed by atoms with E-state index in [0.29, 0.717) is 0 Å². The summed E-state index contributed by atoms with van der Waals surface area (Å²) in [6.07, 6.45) is 3.45. The van der Waals surface area contributed by atoms with Crippen LogP contribution in [0, 0.1) is 0 Å². The average molecular weight is 246 g/mol. The first-order valence-corrected chi connectivity index (χ1v) is 6.35. The summed E-state index contributed by atoms with van der Waals surface area (Å²) in [6.45, 7) is 2.67. The Morgan fingerprint density at radius 3 is 2.28 bits per heavy atom. The first-order valence-electron chi connectivity index (χ1n) is 6.35. The standard InChI is InChI=1S/C14H18N2O2/c1-2-3-4-11-5-7-12(8-6-11)16-9-13(17)15-14(18)10-16/h5-8H,2-4,9-10H2,1H3,(H,15,17,18). The molecule has 0 aliphatic carbocycles. The minimum Gasteiger partial charge on any atom is -0.353 e. The van der Waals surface area contributed by atoms with Crippen molar-refractivity contribution in [2.24, 2.45) is 0 Å². The lowest BCUT2D eigenvalue weighted by molar-refractivity contribution is -0.130. The van der Waals surface area contributed by atoms with Crippen LogP contribution in [-0.2, 0) is 16.0 Å². The largest absolute Gasteiger partial charge is 0.353 e. The SMILES string of the molecule is CCCCc1ccc(N2CC(=O)NC(=O)C2)cc1. The molecule has 1 aromatic carbocycles. The van der Waals surface area contributed by atoms with Gasteiger partial charge in [-0.25, -0.2) is 0 Å². The van der Waals surface area contributed by atoms with Crippen LogP contribution in [-0.4, -0.2) is 24.9 Å². The summed E-state index contributed by atoms with van der Waals surface area (Å²) in [4.78, 5) is 24.4. The highest BCUT2D eigenvalue weighted by atomic mass is 16.2. The maximum Gasteiger partial charge on any atom is 0.246 e. The van der Waals surface area contributed by atoms with Crippen molar-refractivity contribution in [3.8, 4) is 0 Å². The van der Waals surface area contributed by atoms with Gasteiger partial charge in [-0.3, -0.25) is 14.9 Å². The van der Waals surface area contributed by atoms with Crippen LogP contribution in [0.25, 0.3) is 0 Å². The Morgan fingerprint density at radius 2 is 1.72 bits per heavy atom. The molecule has 0 atom stereocenters. The summed E-state index contributed by atoms with van der Waals surface area (Å²) in [5.41, 5.74) is 2.23. The summed E-state index contributed by atoms with van der Waals surface area (Å²) in [5, 5.41) is 2.30. The molecule has 0 bridgehead atoms. The topological polar surface area (TPSA) is 49.4 Å². The van der Waals surface area contributed by atoms with Crippen molar-refractivity contribution in [2.75, 3.05) is 18.0 Å². The number of benzene rings is 1. The molecule has 0 radical (unpaired) electrons. The van der Waals surface area contributed by atoms with Crippen molar-refractivity contribution in [1.82, 2.24) is 5.32 Å². The number of carbonyl (C=O) groups excluding carboxylic acids is 2. The molecule has 0 saturated carbocycles. The minimum atomic E-state index is -0.235.